The van der Waals surface area contributed by atoms with Gasteiger partial charge in [0.1, 0.15) is 0 Å². The van der Waals surface area contributed by atoms with Gasteiger partial charge >= 0.3 is 0 Å². The number of fused-ring (bicyclic) bond motifs is 2. The van der Waals surface area contributed by atoms with Gasteiger partial charge in [-0.3, -0.25) is 4.98 Å². The molecule has 1 nitrogen and oxygen atoms in total. The summed E-state index contributed by atoms with van der Waals surface area (Å²) >= 11 is 0. The van der Waals surface area contributed by atoms with E-state index in [2.05, 4.69) is 37.2 Å². The average Bonchev–Trinajstić information content (AvgIpc) is 2.30. The van der Waals surface area contributed by atoms with Gasteiger partial charge in [-0.1, -0.05) is 19.9 Å². The predicted octanol–water partition coefficient (Wildman–Crippen LogP) is 3.62. The molecular weight excluding hydrogens is 182 g/mol. The Bertz CT molecular complexity index is 353. The first-order valence-electron chi connectivity index (χ1n) is 6.09. The fraction of sp³-hybridized carbons (Fsp3) is 0.643. The van der Waals surface area contributed by atoms with E-state index in [-0.39, 0.29) is 0 Å². The summed E-state index contributed by atoms with van der Waals surface area (Å²) in [6.45, 7) is 4.91. The molecule has 0 aliphatic heterocycles. The SMILES string of the molecule is CC1(C)C2CCC(c3cccnc3)C1C2. The van der Waals surface area contributed by atoms with E-state index >= 15 is 0 Å². The van der Waals surface area contributed by atoms with Crippen LogP contribution in [0.5, 0.6) is 0 Å². The highest BCUT2D eigenvalue weighted by atomic mass is 14.6. The van der Waals surface area contributed by atoms with Crippen molar-refractivity contribution in [3.63, 3.8) is 0 Å². The lowest BCUT2D eigenvalue weighted by atomic mass is 9.45. The van der Waals surface area contributed by atoms with Crippen molar-refractivity contribution in [1.29, 1.82) is 0 Å². The van der Waals surface area contributed by atoms with Gasteiger partial charge in [-0.05, 0) is 54.1 Å². The molecule has 0 N–H and O–H groups in total. The maximum atomic E-state index is 4.26. The van der Waals surface area contributed by atoms with Crippen molar-refractivity contribution in [3.05, 3.63) is 30.1 Å². The third-order valence-electron chi connectivity index (χ3n) is 4.97. The van der Waals surface area contributed by atoms with Crippen LogP contribution in [0.15, 0.2) is 24.5 Å². The van der Waals surface area contributed by atoms with Crippen molar-refractivity contribution in [1.82, 2.24) is 4.98 Å². The minimum Gasteiger partial charge on any atom is -0.264 e. The fourth-order valence-corrected chi connectivity index (χ4v) is 3.81. The lowest BCUT2D eigenvalue weighted by Gasteiger charge is -2.60. The second-order valence-corrected chi connectivity index (χ2v) is 5.83. The van der Waals surface area contributed by atoms with Crippen molar-refractivity contribution in [3.8, 4) is 0 Å². The molecule has 3 atom stereocenters. The molecule has 0 aromatic carbocycles. The molecule has 3 unspecified atom stereocenters. The Morgan fingerprint density at radius 3 is 2.80 bits per heavy atom. The normalized spacial score (nSPS) is 37.1. The van der Waals surface area contributed by atoms with E-state index in [1.807, 2.05) is 6.20 Å². The van der Waals surface area contributed by atoms with Crippen molar-refractivity contribution in [2.75, 3.05) is 0 Å². The van der Waals surface area contributed by atoms with Crippen LogP contribution in [0.1, 0.15) is 44.6 Å². The van der Waals surface area contributed by atoms with Gasteiger partial charge in [0.05, 0.1) is 0 Å². The molecule has 1 heterocycles. The Hall–Kier alpha value is -0.850. The number of hydrogen-bond donors (Lipinski definition) is 0. The van der Waals surface area contributed by atoms with Gasteiger partial charge in [0, 0.05) is 12.4 Å². The largest absolute Gasteiger partial charge is 0.264 e. The smallest absolute Gasteiger partial charge is 0.0302 e. The third kappa shape index (κ3) is 1.25. The highest BCUT2D eigenvalue weighted by Gasteiger charge is 2.54. The summed E-state index contributed by atoms with van der Waals surface area (Å²) in [5.41, 5.74) is 2.05. The number of nitrogens with zero attached hydrogens (tertiary/aromatic N) is 1. The summed E-state index contributed by atoms with van der Waals surface area (Å²) in [6, 6.07) is 4.33. The minimum atomic E-state index is 0.582. The van der Waals surface area contributed by atoms with Crippen LogP contribution in [-0.4, -0.2) is 4.98 Å². The zero-order chi connectivity index (χ0) is 10.5. The topological polar surface area (TPSA) is 12.9 Å². The van der Waals surface area contributed by atoms with Gasteiger partial charge in [0.15, 0.2) is 0 Å². The van der Waals surface area contributed by atoms with Crippen LogP contribution < -0.4 is 0 Å². The highest BCUT2D eigenvalue weighted by Crippen LogP contribution is 2.63. The second kappa shape index (κ2) is 3.07. The molecule has 80 valence electrons. The number of aromatic nitrogens is 1. The van der Waals surface area contributed by atoms with Crippen molar-refractivity contribution in [2.24, 2.45) is 17.3 Å². The first-order chi connectivity index (χ1) is 7.19. The molecule has 3 fully saturated rings. The first-order valence-corrected chi connectivity index (χ1v) is 6.09. The molecular formula is C14H19N. The Morgan fingerprint density at radius 1 is 1.33 bits per heavy atom. The fourth-order valence-electron chi connectivity index (χ4n) is 3.81. The lowest BCUT2D eigenvalue weighted by molar-refractivity contribution is -0.0805. The standard InChI is InChI=1S/C14H19N/c1-14(2)11-5-6-12(13(14)8-11)10-4-3-7-15-9-10/h3-4,7,9,11-13H,5-6,8H2,1-2H3. The molecule has 0 radical (unpaired) electrons. The van der Waals surface area contributed by atoms with E-state index < -0.39 is 0 Å². The summed E-state index contributed by atoms with van der Waals surface area (Å²) in [7, 11) is 0. The van der Waals surface area contributed by atoms with Gasteiger partial charge in [-0.25, -0.2) is 0 Å². The molecule has 1 aromatic rings. The molecule has 3 aliphatic carbocycles. The zero-order valence-corrected chi connectivity index (χ0v) is 9.61. The lowest BCUT2D eigenvalue weighted by Crippen LogP contribution is -2.51. The van der Waals surface area contributed by atoms with Gasteiger partial charge in [0.25, 0.3) is 0 Å². The number of pyridine rings is 1. The van der Waals surface area contributed by atoms with Crippen LogP contribution in [0.3, 0.4) is 0 Å². The van der Waals surface area contributed by atoms with Crippen molar-refractivity contribution in [2.45, 2.75) is 39.0 Å². The zero-order valence-electron chi connectivity index (χ0n) is 9.61. The van der Waals surface area contributed by atoms with Crippen LogP contribution in [0.25, 0.3) is 0 Å². The predicted molar refractivity (Wildman–Crippen MR) is 61.6 cm³/mol. The first kappa shape index (κ1) is 9.38. The van der Waals surface area contributed by atoms with E-state index in [9.17, 15) is 0 Å². The Balaban J connectivity index is 1.89. The molecule has 0 spiro atoms. The maximum absolute atomic E-state index is 4.26. The molecule has 0 amide bonds. The monoisotopic (exact) mass is 201 g/mol. The van der Waals surface area contributed by atoms with Crippen LogP contribution in [0.2, 0.25) is 0 Å². The van der Waals surface area contributed by atoms with Gasteiger partial charge in [0.2, 0.25) is 0 Å². The summed E-state index contributed by atoms with van der Waals surface area (Å²) in [4.78, 5) is 4.26. The summed E-state index contributed by atoms with van der Waals surface area (Å²) in [5.74, 6) is 2.68. The molecule has 3 aliphatic rings. The Labute approximate surface area is 91.9 Å². The van der Waals surface area contributed by atoms with Crippen LogP contribution in [0, 0.1) is 17.3 Å². The van der Waals surface area contributed by atoms with Crippen molar-refractivity contribution < 1.29 is 0 Å². The summed E-state index contributed by atoms with van der Waals surface area (Å²) in [5, 5.41) is 0. The quantitative estimate of drug-likeness (QED) is 0.676. The van der Waals surface area contributed by atoms with Gasteiger partial charge in [-0.15, -0.1) is 0 Å². The van der Waals surface area contributed by atoms with E-state index in [1.165, 1.54) is 24.8 Å². The molecule has 0 saturated heterocycles. The van der Waals surface area contributed by atoms with E-state index in [4.69, 9.17) is 0 Å². The van der Waals surface area contributed by atoms with E-state index in [1.54, 1.807) is 0 Å². The number of hydrogen-bond acceptors (Lipinski definition) is 1. The van der Waals surface area contributed by atoms with E-state index in [0.717, 1.165) is 17.8 Å². The van der Waals surface area contributed by atoms with Crippen LogP contribution in [0.4, 0.5) is 0 Å². The third-order valence-corrected chi connectivity index (χ3v) is 4.97. The molecule has 2 bridgehead atoms. The number of rotatable bonds is 1. The molecule has 1 aromatic heterocycles. The summed E-state index contributed by atoms with van der Waals surface area (Å²) < 4.78 is 0. The van der Waals surface area contributed by atoms with Gasteiger partial charge < -0.3 is 0 Å². The highest BCUT2D eigenvalue weighted by molar-refractivity contribution is 5.21. The Kier molecular flexibility index (Phi) is 1.92. The average molecular weight is 201 g/mol. The molecule has 3 saturated carbocycles. The Morgan fingerprint density at radius 2 is 2.20 bits per heavy atom. The van der Waals surface area contributed by atoms with Crippen LogP contribution in [-0.2, 0) is 0 Å². The maximum Gasteiger partial charge on any atom is 0.0302 e. The van der Waals surface area contributed by atoms with Gasteiger partial charge in [-0.2, -0.15) is 0 Å². The second-order valence-electron chi connectivity index (χ2n) is 5.83. The molecule has 15 heavy (non-hydrogen) atoms. The minimum absolute atomic E-state index is 0.582. The van der Waals surface area contributed by atoms with E-state index in [0.29, 0.717) is 5.41 Å². The van der Waals surface area contributed by atoms with Crippen molar-refractivity contribution >= 4 is 0 Å². The molecule has 4 rings (SSSR count). The summed E-state index contributed by atoms with van der Waals surface area (Å²) in [6.07, 6.45) is 8.19. The van der Waals surface area contributed by atoms with Crippen LogP contribution >= 0.6 is 0 Å². The molecule has 1 heteroatoms.